The van der Waals surface area contributed by atoms with Gasteiger partial charge in [0.1, 0.15) is 0 Å². The molecule has 0 saturated carbocycles. The molecule has 3 heteroatoms. The van der Waals surface area contributed by atoms with Crippen molar-refractivity contribution in [1.82, 2.24) is 0 Å². The molecule has 0 amide bonds. The van der Waals surface area contributed by atoms with Crippen LogP contribution in [-0.2, 0) is 9.16 Å². The Morgan fingerprint density at radius 1 is 1.22 bits per heavy atom. The van der Waals surface area contributed by atoms with E-state index in [1.165, 1.54) is 0 Å². The Hall–Kier alpha value is -0.303. The number of ether oxygens (including phenoxy) is 1. The van der Waals surface area contributed by atoms with Crippen molar-refractivity contribution in [2.75, 3.05) is 13.2 Å². The van der Waals surface area contributed by atoms with E-state index in [4.69, 9.17) is 9.16 Å². The van der Waals surface area contributed by atoms with Gasteiger partial charge in [-0.2, -0.15) is 0 Å². The summed E-state index contributed by atoms with van der Waals surface area (Å²) in [5, 5.41) is 0.317. The molecule has 0 bridgehead atoms. The first-order valence-electron chi connectivity index (χ1n) is 7.04. The third-order valence-corrected chi connectivity index (χ3v) is 8.36. The summed E-state index contributed by atoms with van der Waals surface area (Å²) in [5.41, 5.74) is 0. The minimum absolute atomic E-state index is 0.317. The minimum Gasteiger partial charge on any atom is -0.417 e. The molecular weight excluding hydrogens is 240 g/mol. The molecule has 0 unspecified atom stereocenters. The van der Waals surface area contributed by atoms with Crippen molar-refractivity contribution in [1.29, 1.82) is 0 Å². The van der Waals surface area contributed by atoms with Crippen molar-refractivity contribution in [2.45, 2.75) is 70.7 Å². The highest BCUT2D eigenvalue weighted by Gasteiger charge is 2.36. The maximum atomic E-state index is 6.12. The molecule has 2 nitrogen and oxygen atoms in total. The smallest absolute Gasteiger partial charge is 0.191 e. The molecule has 0 aromatic heterocycles. The van der Waals surface area contributed by atoms with Gasteiger partial charge >= 0.3 is 0 Å². The van der Waals surface area contributed by atoms with E-state index in [2.05, 4.69) is 45.7 Å². The highest BCUT2D eigenvalue weighted by atomic mass is 28.4. The Morgan fingerprint density at radius 3 is 2.44 bits per heavy atom. The first-order chi connectivity index (χ1) is 8.33. The van der Waals surface area contributed by atoms with Gasteiger partial charge in [-0.3, -0.25) is 0 Å². The van der Waals surface area contributed by atoms with Gasteiger partial charge in [0.15, 0.2) is 8.32 Å². The Bertz CT molecular complexity index is 303. The number of unbranched alkanes of at least 4 members (excludes halogenated alkanes) is 2. The van der Waals surface area contributed by atoms with Crippen LogP contribution in [0.25, 0.3) is 0 Å². The van der Waals surface area contributed by atoms with Gasteiger partial charge in [-0.05, 0) is 31.0 Å². The van der Waals surface area contributed by atoms with E-state index in [9.17, 15) is 0 Å². The lowest BCUT2D eigenvalue weighted by molar-refractivity contribution is 0.280. The molecule has 0 spiro atoms. The number of rotatable bonds is 6. The Kier molecular flexibility index (Phi) is 5.90. The van der Waals surface area contributed by atoms with Gasteiger partial charge in [0.25, 0.3) is 0 Å². The van der Waals surface area contributed by atoms with Gasteiger partial charge in [-0.25, -0.2) is 0 Å². The van der Waals surface area contributed by atoms with E-state index < -0.39 is 8.32 Å². The molecule has 0 aromatic rings. The maximum absolute atomic E-state index is 6.12. The molecule has 1 fully saturated rings. The fraction of sp³-hybridized carbons (Fsp3) is 0.867. The molecular formula is C15H28O2Si. The normalized spacial score (nSPS) is 19.3. The second kappa shape index (κ2) is 6.74. The fourth-order valence-corrected chi connectivity index (χ4v) is 2.41. The molecule has 1 saturated heterocycles. The van der Waals surface area contributed by atoms with E-state index >= 15 is 0 Å². The molecule has 1 atom stereocenters. The van der Waals surface area contributed by atoms with Crippen LogP contribution in [0.2, 0.25) is 18.1 Å². The number of epoxide rings is 1. The minimum atomic E-state index is -1.54. The van der Waals surface area contributed by atoms with Crippen LogP contribution >= 0.6 is 0 Å². The quantitative estimate of drug-likeness (QED) is 0.315. The van der Waals surface area contributed by atoms with Crippen LogP contribution in [-0.4, -0.2) is 27.6 Å². The highest BCUT2D eigenvalue weighted by Crippen LogP contribution is 2.36. The van der Waals surface area contributed by atoms with Crippen molar-refractivity contribution in [3.8, 4) is 11.8 Å². The topological polar surface area (TPSA) is 21.8 Å². The third-order valence-electron chi connectivity index (χ3n) is 3.82. The molecule has 1 heterocycles. The second-order valence-corrected chi connectivity index (χ2v) is 11.4. The van der Waals surface area contributed by atoms with E-state index in [0.717, 1.165) is 38.9 Å². The Morgan fingerprint density at radius 2 is 1.89 bits per heavy atom. The largest absolute Gasteiger partial charge is 0.417 e. The lowest BCUT2D eigenvalue weighted by Crippen LogP contribution is -2.40. The Balaban J connectivity index is 2.01. The Labute approximate surface area is 114 Å². The van der Waals surface area contributed by atoms with Crippen molar-refractivity contribution in [2.24, 2.45) is 0 Å². The zero-order chi connectivity index (χ0) is 13.6. The monoisotopic (exact) mass is 268 g/mol. The first kappa shape index (κ1) is 15.8. The summed E-state index contributed by atoms with van der Waals surface area (Å²) in [6.07, 6.45) is 4.63. The number of hydrogen-bond acceptors (Lipinski definition) is 2. The summed E-state index contributed by atoms with van der Waals surface area (Å²) in [6, 6.07) is 0. The second-order valence-electron chi connectivity index (χ2n) is 6.58. The lowest BCUT2D eigenvalue weighted by atomic mass is 10.2. The molecule has 0 aromatic carbocycles. The maximum Gasteiger partial charge on any atom is 0.191 e. The third kappa shape index (κ3) is 6.04. The van der Waals surface area contributed by atoms with Gasteiger partial charge in [0.05, 0.1) is 12.7 Å². The molecule has 1 aliphatic heterocycles. The van der Waals surface area contributed by atoms with Crippen LogP contribution in [0.5, 0.6) is 0 Å². The standard InChI is InChI=1S/C15H28O2Si/c1-15(2,3)18(4,5)17-12-10-8-6-7-9-11-14-13-16-14/h14H,6,8,10-13H2,1-5H3/t14-/m1/s1. The van der Waals surface area contributed by atoms with Gasteiger partial charge < -0.3 is 9.16 Å². The molecule has 0 aliphatic carbocycles. The van der Waals surface area contributed by atoms with Crippen LogP contribution in [0.3, 0.4) is 0 Å². The van der Waals surface area contributed by atoms with Crippen molar-refractivity contribution < 1.29 is 9.16 Å². The fourth-order valence-electron chi connectivity index (χ4n) is 1.32. The van der Waals surface area contributed by atoms with Crippen molar-refractivity contribution in [3.05, 3.63) is 0 Å². The van der Waals surface area contributed by atoms with E-state index in [0.29, 0.717) is 11.1 Å². The van der Waals surface area contributed by atoms with Gasteiger partial charge in [-0.15, -0.1) is 11.8 Å². The molecule has 1 aliphatic rings. The van der Waals surface area contributed by atoms with Gasteiger partial charge in [-0.1, -0.05) is 20.8 Å². The average Bonchev–Trinajstić information content (AvgIpc) is 3.04. The van der Waals surface area contributed by atoms with Crippen molar-refractivity contribution in [3.63, 3.8) is 0 Å². The van der Waals surface area contributed by atoms with Gasteiger partial charge in [0, 0.05) is 19.4 Å². The SMILES string of the molecule is CC(C)(C)[Si](C)(C)OCCCCC#CC[C@@H]1CO1. The van der Waals surface area contributed by atoms with Crippen LogP contribution < -0.4 is 0 Å². The summed E-state index contributed by atoms with van der Waals surface area (Å²) >= 11 is 0. The molecule has 104 valence electrons. The zero-order valence-electron chi connectivity index (χ0n) is 12.6. The van der Waals surface area contributed by atoms with E-state index in [1.807, 2.05) is 0 Å². The molecule has 18 heavy (non-hydrogen) atoms. The van der Waals surface area contributed by atoms with Crippen LogP contribution in [0.4, 0.5) is 0 Å². The van der Waals surface area contributed by atoms with Crippen LogP contribution in [0, 0.1) is 11.8 Å². The zero-order valence-corrected chi connectivity index (χ0v) is 13.6. The molecule has 1 rings (SSSR count). The van der Waals surface area contributed by atoms with Crippen LogP contribution in [0.1, 0.15) is 46.5 Å². The van der Waals surface area contributed by atoms with Crippen molar-refractivity contribution >= 4 is 8.32 Å². The predicted octanol–water partition coefficient (Wildman–Crippen LogP) is 3.97. The number of hydrogen-bond donors (Lipinski definition) is 0. The average molecular weight is 268 g/mol. The van der Waals surface area contributed by atoms with E-state index in [-0.39, 0.29) is 0 Å². The predicted molar refractivity (Wildman–Crippen MR) is 79.1 cm³/mol. The lowest BCUT2D eigenvalue weighted by Gasteiger charge is -2.36. The van der Waals surface area contributed by atoms with E-state index in [1.54, 1.807) is 0 Å². The van der Waals surface area contributed by atoms with Crippen LogP contribution in [0.15, 0.2) is 0 Å². The molecule has 0 radical (unpaired) electrons. The molecule has 0 N–H and O–H groups in total. The summed E-state index contributed by atoms with van der Waals surface area (Å²) in [7, 11) is -1.54. The summed E-state index contributed by atoms with van der Waals surface area (Å²) in [4.78, 5) is 0. The van der Waals surface area contributed by atoms with Gasteiger partial charge in [0.2, 0.25) is 0 Å². The summed E-state index contributed by atoms with van der Waals surface area (Å²) < 4.78 is 11.2. The highest BCUT2D eigenvalue weighted by molar-refractivity contribution is 6.74. The summed E-state index contributed by atoms with van der Waals surface area (Å²) in [5.74, 6) is 6.38. The first-order valence-corrected chi connectivity index (χ1v) is 9.95. The summed E-state index contributed by atoms with van der Waals surface area (Å²) in [6.45, 7) is 13.3.